The Bertz CT molecular complexity index is 699. The first-order valence-corrected chi connectivity index (χ1v) is 7.28. The van der Waals surface area contributed by atoms with Gasteiger partial charge in [-0.05, 0) is 25.3 Å². The summed E-state index contributed by atoms with van der Waals surface area (Å²) in [6.07, 6.45) is 3.53. The normalized spacial score (nSPS) is 24.8. The molecule has 118 valence electrons. The predicted molar refractivity (Wildman–Crippen MR) is 79.7 cm³/mol. The zero-order valence-electron chi connectivity index (χ0n) is 13.2. The fraction of sp³-hybridized carbons (Fsp3) is 0.533. The summed E-state index contributed by atoms with van der Waals surface area (Å²) in [5, 5.41) is 2.21. The monoisotopic (exact) mass is 304 g/mol. The fourth-order valence-electron chi connectivity index (χ4n) is 2.88. The molecule has 1 amide bonds. The van der Waals surface area contributed by atoms with Crippen LogP contribution in [0.15, 0.2) is 18.6 Å². The van der Waals surface area contributed by atoms with Crippen molar-refractivity contribution in [3.05, 3.63) is 24.3 Å². The third-order valence-corrected chi connectivity index (χ3v) is 4.24. The van der Waals surface area contributed by atoms with E-state index in [4.69, 9.17) is 9.57 Å². The third-order valence-electron chi connectivity index (χ3n) is 4.24. The van der Waals surface area contributed by atoms with Gasteiger partial charge in [0.25, 0.3) is 5.91 Å². The minimum absolute atomic E-state index is 0.107. The first kappa shape index (κ1) is 14.9. The van der Waals surface area contributed by atoms with Crippen molar-refractivity contribution >= 4 is 16.9 Å². The van der Waals surface area contributed by atoms with Crippen molar-refractivity contribution in [3.63, 3.8) is 0 Å². The predicted octanol–water partition coefficient (Wildman–Crippen LogP) is 1.68. The largest absolute Gasteiger partial charge is 0.345 e. The topological polar surface area (TPSA) is 69.5 Å². The van der Waals surface area contributed by atoms with E-state index < -0.39 is 6.10 Å². The van der Waals surface area contributed by atoms with E-state index in [-0.39, 0.29) is 18.1 Å². The molecular weight excluding hydrogens is 284 g/mol. The van der Waals surface area contributed by atoms with Gasteiger partial charge in [0.2, 0.25) is 0 Å². The quantitative estimate of drug-likeness (QED) is 0.807. The van der Waals surface area contributed by atoms with Gasteiger partial charge in [-0.15, -0.1) is 0 Å². The first-order valence-electron chi connectivity index (χ1n) is 7.28. The van der Waals surface area contributed by atoms with Gasteiger partial charge in [-0.25, -0.2) is 15.0 Å². The van der Waals surface area contributed by atoms with Gasteiger partial charge in [0.15, 0.2) is 0 Å². The number of fused-ring (bicyclic) bond motifs is 1. The molecule has 3 rings (SSSR count). The summed E-state index contributed by atoms with van der Waals surface area (Å²) in [6.45, 7) is 3.96. The van der Waals surface area contributed by atoms with Gasteiger partial charge in [-0.2, -0.15) is 0 Å². The van der Waals surface area contributed by atoms with E-state index in [0.29, 0.717) is 0 Å². The molecule has 0 spiro atoms. The number of hydrogen-bond acceptors (Lipinski definition) is 5. The van der Waals surface area contributed by atoms with E-state index in [1.165, 1.54) is 12.2 Å². The molecule has 1 aliphatic heterocycles. The lowest BCUT2D eigenvalue weighted by molar-refractivity contribution is -0.183. The number of aromatic nitrogens is 3. The Kier molecular flexibility index (Phi) is 3.84. The molecule has 0 aromatic carbocycles. The van der Waals surface area contributed by atoms with Gasteiger partial charge >= 0.3 is 0 Å². The Morgan fingerprint density at radius 2 is 2.27 bits per heavy atom. The molecular formula is C15H20N4O3. The minimum atomic E-state index is -0.504. The lowest BCUT2D eigenvalue weighted by Crippen LogP contribution is -2.38. The van der Waals surface area contributed by atoms with Crippen LogP contribution in [0.2, 0.25) is 0 Å². The van der Waals surface area contributed by atoms with Crippen LogP contribution in [0, 0.1) is 12.8 Å². The Labute approximate surface area is 128 Å². The number of carbonyl (C=O) groups is 1. The van der Waals surface area contributed by atoms with Crippen LogP contribution in [-0.4, -0.2) is 45.8 Å². The standard InChI is InChI=1S/C15H20N4O3/c1-9-7-12(22-13(9)15(20)18(3)21-4)19-6-5-11-10(2)16-8-17-14(11)19/h5-6,8-9,12-13H,7H2,1-4H3. The Hall–Kier alpha value is -1.99. The van der Waals surface area contributed by atoms with Gasteiger partial charge in [0.05, 0.1) is 12.8 Å². The second kappa shape index (κ2) is 5.66. The van der Waals surface area contributed by atoms with Gasteiger partial charge in [0, 0.05) is 18.6 Å². The summed E-state index contributed by atoms with van der Waals surface area (Å²) in [4.78, 5) is 25.8. The summed E-state index contributed by atoms with van der Waals surface area (Å²) in [5.74, 6) is -0.0600. The number of aryl methyl sites for hydroxylation is 1. The molecule has 2 aromatic heterocycles. The number of amides is 1. The molecule has 0 radical (unpaired) electrons. The lowest BCUT2D eigenvalue weighted by atomic mass is 10.0. The second-order valence-corrected chi connectivity index (χ2v) is 5.66. The van der Waals surface area contributed by atoms with Crippen molar-refractivity contribution < 1.29 is 14.4 Å². The van der Waals surface area contributed by atoms with Crippen LogP contribution in [0.25, 0.3) is 11.0 Å². The van der Waals surface area contributed by atoms with Crippen molar-refractivity contribution in [2.45, 2.75) is 32.6 Å². The third kappa shape index (κ3) is 2.36. The van der Waals surface area contributed by atoms with Gasteiger partial charge in [-0.1, -0.05) is 6.92 Å². The van der Waals surface area contributed by atoms with E-state index in [1.54, 1.807) is 13.4 Å². The van der Waals surface area contributed by atoms with E-state index in [2.05, 4.69) is 9.97 Å². The number of rotatable bonds is 3. The molecule has 0 bridgehead atoms. The molecule has 1 fully saturated rings. The zero-order valence-corrected chi connectivity index (χ0v) is 13.2. The summed E-state index contributed by atoms with van der Waals surface area (Å²) in [7, 11) is 3.06. The molecule has 2 aromatic rings. The van der Waals surface area contributed by atoms with E-state index in [0.717, 1.165) is 23.1 Å². The Morgan fingerprint density at radius 1 is 1.50 bits per heavy atom. The Balaban J connectivity index is 1.87. The van der Waals surface area contributed by atoms with E-state index in [1.807, 2.05) is 30.7 Å². The summed E-state index contributed by atoms with van der Waals surface area (Å²) in [6, 6.07) is 1.98. The Morgan fingerprint density at radius 3 is 3.00 bits per heavy atom. The summed E-state index contributed by atoms with van der Waals surface area (Å²) < 4.78 is 7.95. The molecule has 0 N–H and O–H groups in total. The van der Waals surface area contributed by atoms with Crippen LogP contribution in [-0.2, 0) is 14.4 Å². The van der Waals surface area contributed by atoms with Gasteiger partial charge < -0.3 is 9.30 Å². The van der Waals surface area contributed by atoms with E-state index in [9.17, 15) is 4.79 Å². The molecule has 3 heterocycles. The smallest absolute Gasteiger partial charge is 0.275 e. The molecule has 7 heteroatoms. The molecule has 3 atom stereocenters. The van der Waals surface area contributed by atoms with Crippen molar-refractivity contribution in [2.24, 2.45) is 5.92 Å². The van der Waals surface area contributed by atoms with Crippen molar-refractivity contribution in [1.29, 1.82) is 0 Å². The average molecular weight is 304 g/mol. The van der Waals surface area contributed by atoms with Gasteiger partial charge in [0.1, 0.15) is 24.3 Å². The molecule has 1 saturated heterocycles. The van der Waals surface area contributed by atoms with Crippen molar-refractivity contribution in [2.75, 3.05) is 14.2 Å². The maximum atomic E-state index is 12.3. The molecule has 7 nitrogen and oxygen atoms in total. The summed E-state index contributed by atoms with van der Waals surface area (Å²) in [5.41, 5.74) is 1.76. The van der Waals surface area contributed by atoms with Crippen LogP contribution in [0.5, 0.6) is 0 Å². The molecule has 0 aliphatic carbocycles. The molecule has 3 unspecified atom stereocenters. The average Bonchev–Trinajstić information content (AvgIpc) is 3.10. The highest BCUT2D eigenvalue weighted by atomic mass is 16.7. The number of hydrogen-bond donors (Lipinski definition) is 0. The van der Waals surface area contributed by atoms with Crippen LogP contribution in [0.1, 0.15) is 25.3 Å². The molecule has 22 heavy (non-hydrogen) atoms. The summed E-state index contributed by atoms with van der Waals surface area (Å²) >= 11 is 0. The highest BCUT2D eigenvalue weighted by Crippen LogP contribution is 2.36. The molecule has 1 aliphatic rings. The second-order valence-electron chi connectivity index (χ2n) is 5.66. The van der Waals surface area contributed by atoms with Gasteiger partial charge in [-0.3, -0.25) is 9.63 Å². The zero-order chi connectivity index (χ0) is 15.9. The maximum absolute atomic E-state index is 12.3. The number of ether oxygens (including phenoxy) is 1. The van der Waals surface area contributed by atoms with Crippen LogP contribution in [0.4, 0.5) is 0 Å². The number of nitrogens with zero attached hydrogens (tertiary/aromatic N) is 4. The van der Waals surface area contributed by atoms with Crippen LogP contribution >= 0.6 is 0 Å². The van der Waals surface area contributed by atoms with E-state index >= 15 is 0 Å². The first-order chi connectivity index (χ1) is 10.5. The SMILES string of the molecule is CON(C)C(=O)C1OC(n2ccc3c(C)ncnc32)CC1C. The fourth-order valence-corrected chi connectivity index (χ4v) is 2.88. The van der Waals surface area contributed by atoms with Crippen molar-refractivity contribution in [3.8, 4) is 0 Å². The lowest BCUT2D eigenvalue weighted by Gasteiger charge is -2.21. The minimum Gasteiger partial charge on any atom is -0.345 e. The number of hydroxylamine groups is 2. The highest BCUT2D eigenvalue weighted by molar-refractivity contribution is 5.80. The number of likely N-dealkylation sites (N-methyl/N-ethyl adjacent to an activating group) is 1. The maximum Gasteiger partial charge on any atom is 0.275 e. The van der Waals surface area contributed by atoms with Crippen molar-refractivity contribution in [1.82, 2.24) is 19.6 Å². The highest BCUT2D eigenvalue weighted by Gasteiger charge is 2.40. The van der Waals surface area contributed by atoms with Crippen LogP contribution < -0.4 is 0 Å². The molecule has 0 saturated carbocycles. The van der Waals surface area contributed by atoms with Crippen LogP contribution in [0.3, 0.4) is 0 Å². The number of carbonyl (C=O) groups excluding carboxylic acids is 1.